The molecule has 0 radical (unpaired) electrons. The molecule has 18 heavy (non-hydrogen) atoms. The van der Waals surface area contributed by atoms with Crippen molar-refractivity contribution in [3.63, 3.8) is 0 Å². The predicted molar refractivity (Wildman–Crippen MR) is 73.8 cm³/mol. The first-order valence-corrected chi connectivity index (χ1v) is 5.71. The Balaban J connectivity index is 2.75. The fraction of sp³-hybridized carbons (Fsp3) is 0.273. The molecule has 0 fully saturated rings. The summed E-state index contributed by atoms with van der Waals surface area (Å²) in [6, 6.07) is 5.40. The van der Waals surface area contributed by atoms with Gasteiger partial charge in [-0.1, -0.05) is 17.7 Å². The molecule has 0 heterocycles. The van der Waals surface area contributed by atoms with Gasteiger partial charge >= 0.3 is 0 Å². The summed E-state index contributed by atoms with van der Waals surface area (Å²) in [5.74, 6) is 0.546. The SMILES string of the molecule is CCOc1ccc(CN=C(N)N=C(N)N)cc1Cl. The Morgan fingerprint density at radius 1 is 1.33 bits per heavy atom. The molecule has 0 saturated carbocycles. The fourth-order valence-corrected chi connectivity index (χ4v) is 1.51. The molecule has 6 N–H and O–H groups in total. The minimum Gasteiger partial charge on any atom is -0.492 e. The standard InChI is InChI=1S/C11H16ClN5O/c1-2-18-9-4-3-7(5-8(9)12)6-16-11(15)17-10(13)14/h3-5H,2,6H2,1H3,(H6,13,14,15,16,17). The van der Waals surface area contributed by atoms with E-state index in [0.717, 1.165) is 5.56 Å². The Bertz CT molecular complexity index is 469. The largest absolute Gasteiger partial charge is 0.492 e. The molecule has 7 heteroatoms. The lowest BCUT2D eigenvalue weighted by Crippen LogP contribution is -2.26. The highest BCUT2D eigenvalue weighted by Crippen LogP contribution is 2.25. The fourth-order valence-electron chi connectivity index (χ4n) is 1.26. The summed E-state index contributed by atoms with van der Waals surface area (Å²) in [5, 5.41) is 0.532. The van der Waals surface area contributed by atoms with E-state index in [1.807, 2.05) is 13.0 Å². The molecule has 1 aromatic carbocycles. The summed E-state index contributed by atoms with van der Waals surface area (Å²) >= 11 is 6.04. The minimum atomic E-state index is -0.124. The van der Waals surface area contributed by atoms with Crippen molar-refractivity contribution in [2.24, 2.45) is 27.2 Å². The number of rotatable bonds is 4. The lowest BCUT2D eigenvalue weighted by atomic mass is 10.2. The molecule has 6 nitrogen and oxygen atoms in total. The minimum absolute atomic E-state index is 0.0278. The third-order valence-corrected chi connectivity index (χ3v) is 2.26. The summed E-state index contributed by atoms with van der Waals surface area (Å²) in [6.07, 6.45) is 0. The molecule has 98 valence electrons. The zero-order valence-corrected chi connectivity index (χ0v) is 10.8. The van der Waals surface area contributed by atoms with Gasteiger partial charge in [0.2, 0.25) is 5.96 Å². The predicted octanol–water partition coefficient (Wildman–Crippen LogP) is 0.827. The van der Waals surface area contributed by atoms with E-state index in [2.05, 4.69) is 9.98 Å². The van der Waals surface area contributed by atoms with Crippen molar-refractivity contribution in [2.75, 3.05) is 6.61 Å². The van der Waals surface area contributed by atoms with Crippen LogP contribution in [0.25, 0.3) is 0 Å². The van der Waals surface area contributed by atoms with E-state index in [-0.39, 0.29) is 11.9 Å². The highest BCUT2D eigenvalue weighted by atomic mass is 35.5. The van der Waals surface area contributed by atoms with Crippen LogP contribution in [0.4, 0.5) is 0 Å². The molecule has 1 aromatic rings. The molecule has 0 spiro atoms. The van der Waals surface area contributed by atoms with Crippen LogP contribution >= 0.6 is 11.6 Å². The van der Waals surface area contributed by atoms with Crippen molar-refractivity contribution in [2.45, 2.75) is 13.5 Å². The molecule has 0 aliphatic carbocycles. The van der Waals surface area contributed by atoms with Crippen LogP contribution in [0.3, 0.4) is 0 Å². The van der Waals surface area contributed by atoms with Crippen molar-refractivity contribution < 1.29 is 4.74 Å². The zero-order chi connectivity index (χ0) is 13.5. The highest BCUT2D eigenvalue weighted by molar-refractivity contribution is 6.32. The number of halogens is 1. The van der Waals surface area contributed by atoms with E-state index in [1.54, 1.807) is 12.1 Å². The maximum atomic E-state index is 6.04. The van der Waals surface area contributed by atoms with Crippen LogP contribution in [-0.4, -0.2) is 18.5 Å². The zero-order valence-electron chi connectivity index (χ0n) is 10.1. The quantitative estimate of drug-likeness (QED) is 0.555. The van der Waals surface area contributed by atoms with Gasteiger partial charge in [-0.3, -0.25) is 0 Å². The number of nitrogens with zero attached hydrogens (tertiary/aromatic N) is 2. The van der Waals surface area contributed by atoms with Crippen LogP contribution in [0.2, 0.25) is 5.02 Å². The monoisotopic (exact) mass is 269 g/mol. The second-order valence-corrected chi connectivity index (χ2v) is 3.82. The van der Waals surface area contributed by atoms with E-state index in [9.17, 15) is 0 Å². The Morgan fingerprint density at radius 2 is 2.06 bits per heavy atom. The molecule has 0 saturated heterocycles. The van der Waals surface area contributed by atoms with Gasteiger partial charge in [0.1, 0.15) is 5.75 Å². The molecule has 0 aliphatic rings. The molecule has 0 unspecified atom stereocenters. The van der Waals surface area contributed by atoms with Gasteiger partial charge in [-0.15, -0.1) is 0 Å². The number of ether oxygens (including phenoxy) is 1. The summed E-state index contributed by atoms with van der Waals surface area (Å²) in [6.45, 7) is 2.80. The van der Waals surface area contributed by atoms with Gasteiger partial charge in [0, 0.05) is 0 Å². The van der Waals surface area contributed by atoms with E-state index in [0.29, 0.717) is 23.9 Å². The summed E-state index contributed by atoms with van der Waals surface area (Å²) < 4.78 is 5.32. The van der Waals surface area contributed by atoms with Gasteiger partial charge in [0.25, 0.3) is 0 Å². The van der Waals surface area contributed by atoms with Crippen LogP contribution in [0, 0.1) is 0 Å². The van der Waals surface area contributed by atoms with Gasteiger partial charge in [-0.25, -0.2) is 4.99 Å². The molecule has 0 aromatic heterocycles. The van der Waals surface area contributed by atoms with Gasteiger partial charge < -0.3 is 21.9 Å². The topological polar surface area (TPSA) is 112 Å². The summed E-state index contributed by atoms with van der Waals surface area (Å²) in [4.78, 5) is 7.60. The third kappa shape index (κ3) is 4.50. The number of nitrogens with two attached hydrogens (primary N) is 3. The molecule has 1 rings (SSSR count). The molecular formula is C11H16ClN5O. The second-order valence-electron chi connectivity index (χ2n) is 3.41. The third-order valence-electron chi connectivity index (χ3n) is 1.96. The van der Waals surface area contributed by atoms with Crippen molar-refractivity contribution in [3.05, 3.63) is 28.8 Å². The van der Waals surface area contributed by atoms with Crippen molar-refractivity contribution in [1.82, 2.24) is 0 Å². The van der Waals surface area contributed by atoms with Crippen molar-refractivity contribution >= 4 is 23.5 Å². The Morgan fingerprint density at radius 3 is 2.61 bits per heavy atom. The first-order chi connectivity index (χ1) is 8.52. The first kappa shape index (κ1) is 14.1. The van der Waals surface area contributed by atoms with E-state index in [4.69, 9.17) is 33.5 Å². The molecule has 0 bridgehead atoms. The number of aliphatic imine (C=N–C) groups is 2. The van der Waals surface area contributed by atoms with Crippen LogP contribution in [0.5, 0.6) is 5.75 Å². The number of benzene rings is 1. The van der Waals surface area contributed by atoms with Gasteiger partial charge in [-0.05, 0) is 24.6 Å². The van der Waals surface area contributed by atoms with Crippen LogP contribution in [0.1, 0.15) is 12.5 Å². The molecule has 0 aliphatic heterocycles. The molecule has 0 amide bonds. The lowest BCUT2D eigenvalue weighted by Gasteiger charge is -2.06. The highest BCUT2D eigenvalue weighted by Gasteiger charge is 2.02. The van der Waals surface area contributed by atoms with Gasteiger partial charge in [-0.2, -0.15) is 4.99 Å². The average Bonchev–Trinajstić information content (AvgIpc) is 2.29. The van der Waals surface area contributed by atoms with Crippen LogP contribution < -0.4 is 21.9 Å². The number of guanidine groups is 2. The summed E-state index contributed by atoms with van der Waals surface area (Å²) in [5.41, 5.74) is 16.7. The first-order valence-electron chi connectivity index (χ1n) is 5.33. The lowest BCUT2D eigenvalue weighted by molar-refractivity contribution is 0.340. The van der Waals surface area contributed by atoms with E-state index in [1.165, 1.54) is 0 Å². The molecular weight excluding hydrogens is 254 g/mol. The van der Waals surface area contributed by atoms with E-state index < -0.39 is 0 Å². The Labute approximate surface area is 110 Å². The van der Waals surface area contributed by atoms with Crippen LogP contribution in [-0.2, 0) is 6.54 Å². The average molecular weight is 270 g/mol. The van der Waals surface area contributed by atoms with Crippen LogP contribution in [0.15, 0.2) is 28.2 Å². The maximum absolute atomic E-state index is 6.04. The van der Waals surface area contributed by atoms with Crippen molar-refractivity contribution in [3.8, 4) is 5.75 Å². The normalized spacial score (nSPS) is 11.1. The maximum Gasteiger partial charge on any atom is 0.218 e. The second kappa shape index (κ2) is 6.70. The molecule has 0 atom stereocenters. The summed E-state index contributed by atoms with van der Waals surface area (Å²) in [7, 11) is 0. The Hall–Kier alpha value is -1.95. The smallest absolute Gasteiger partial charge is 0.218 e. The Kier molecular flexibility index (Phi) is 5.26. The van der Waals surface area contributed by atoms with Gasteiger partial charge in [0.15, 0.2) is 5.96 Å². The van der Waals surface area contributed by atoms with Gasteiger partial charge in [0.05, 0.1) is 18.2 Å². The number of hydrogen-bond acceptors (Lipinski definition) is 2. The number of hydrogen-bond donors (Lipinski definition) is 3. The van der Waals surface area contributed by atoms with E-state index >= 15 is 0 Å². The van der Waals surface area contributed by atoms with Crippen molar-refractivity contribution in [1.29, 1.82) is 0 Å².